The summed E-state index contributed by atoms with van der Waals surface area (Å²) in [6.45, 7) is 5.80. The normalized spacial score (nSPS) is 12.6. The van der Waals surface area contributed by atoms with Crippen LogP contribution in [0.2, 0.25) is 0 Å². The standard InChI is InChI=1S/C19H22N4O3S2/c1-12(18-13(2)21-23(4)14(18)3)20-19(24)15-7-9-16(10-8-15)22-28(25,26)17-6-5-11-27-17/h5-12,22H,1-4H3,(H,20,24). The van der Waals surface area contributed by atoms with Crippen molar-refractivity contribution >= 4 is 33.0 Å². The van der Waals surface area contributed by atoms with E-state index in [1.165, 1.54) is 0 Å². The van der Waals surface area contributed by atoms with E-state index in [4.69, 9.17) is 0 Å². The van der Waals surface area contributed by atoms with Crippen molar-refractivity contribution in [2.45, 2.75) is 31.0 Å². The van der Waals surface area contributed by atoms with Gasteiger partial charge >= 0.3 is 0 Å². The van der Waals surface area contributed by atoms with Gasteiger partial charge in [0.15, 0.2) is 0 Å². The summed E-state index contributed by atoms with van der Waals surface area (Å²) in [7, 11) is -1.74. The van der Waals surface area contributed by atoms with Gasteiger partial charge in [0.1, 0.15) is 4.21 Å². The number of thiophene rings is 1. The maximum atomic E-state index is 12.6. The van der Waals surface area contributed by atoms with Crippen molar-refractivity contribution in [2.24, 2.45) is 7.05 Å². The van der Waals surface area contributed by atoms with Crippen molar-refractivity contribution in [1.29, 1.82) is 0 Å². The Morgan fingerprint density at radius 1 is 1.18 bits per heavy atom. The first-order valence-corrected chi connectivity index (χ1v) is 11.0. The monoisotopic (exact) mass is 418 g/mol. The lowest BCUT2D eigenvalue weighted by Gasteiger charge is -2.15. The van der Waals surface area contributed by atoms with Gasteiger partial charge in [0, 0.05) is 29.6 Å². The van der Waals surface area contributed by atoms with Crippen LogP contribution < -0.4 is 10.0 Å². The second kappa shape index (κ2) is 7.76. The summed E-state index contributed by atoms with van der Waals surface area (Å²) in [5.41, 5.74) is 3.73. The third kappa shape index (κ3) is 4.10. The fraction of sp³-hybridized carbons (Fsp3) is 0.263. The highest BCUT2D eigenvalue weighted by Crippen LogP contribution is 2.22. The third-order valence-electron chi connectivity index (χ3n) is 4.50. The van der Waals surface area contributed by atoms with Crippen LogP contribution in [-0.4, -0.2) is 24.1 Å². The zero-order chi connectivity index (χ0) is 20.5. The number of amides is 1. The lowest BCUT2D eigenvalue weighted by molar-refractivity contribution is 0.0939. The van der Waals surface area contributed by atoms with E-state index in [1.54, 1.807) is 46.5 Å². The first-order chi connectivity index (χ1) is 13.2. The smallest absolute Gasteiger partial charge is 0.271 e. The molecule has 1 amide bonds. The molecule has 148 valence electrons. The van der Waals surface area contributed by atoms with Crippen molar-refractivity contribution in [3.63, 3.8) is 0 Å². The maximum Gasteiger partial charge on any atom is 0.271 e. The molecule has 2 heterocycles. The molecule has 9 heteroatoms. The SMILES string of the molecule is Cc1nn(C)c(C)c1C(C)NC(=O)c1ccc(NS(=O)(=O)c2cccs2)cc1. The van der Waals surface area contributed by atoms with Gasteiger partial charge in [0.2, 0.25) is 0 Å². The van der Waals surface area contributed by atoms with Crippen LogP contribution in [0, 0.1) is 13.8 Å². The van der Waals surface area contributed by atoms with E-state index in [0.29, 0.717) is 11.3 Å². The molecule has 0 fully saturated rings. The van der Waals surface area contributed by atoms with Crippen LogP contribution >= 0.6 is 11.3 Å². The molecule has 0 bridgehead atoms. The van der Waals surface area contributed by atoms with Gasteiger partial charge < -0.3 is 5.32 Å². The molecule has 3 rings (SSSR count). The number of carbonyl (C=O) groups is 1. The Bertz CT molecular complexity index is 1090. The highest BCUT2D eigenvalue weighted by Gasteiger charge is 2.19. The van der Waals surface area contributed by atoms with Crippen LogP contribution in [-0.2, 0) is 17.1 Å². The summed E-state index contributed by atoms with van der Waals surface area (Å²) in [6.07, 6.45) is 0. The molecule has 0 radical (unpaired) electrons. The van der Waals surface area contributed by atoms with Gasteiger partial charge in [-0.25, -0.2) is 8.42 Å². The number of nitrogens with zero attached hydrogens (tertiary/aromatic N) is 2. The van der Waals surface area contributed by atoms with Gasteiger partial charge in [-0.15, -0.1) is 11.3 Å². The number of nitrogens with one attached hydrogen (secondary N) is 2. The number of sulfonamides is 1. The fourth-order valence-electron chi connectivity index (χ4n) is 3.08. The zero-order valence-electron chi connectivity index (χ0n) is 16.1. The van der Waals surface area contributed by atoms with E-state index >= 15 is 0 Å². The molecule has 2 N–H and O–H groups in total. The molecule has 0 spiro atoms. The molecule has 7 nitrogen and oxygen atoms in total. The molecule has 0 saturated carbocycles. The summed E-state index contributed by atoms with van der Waals surface area (Å²) in [4.78, 5) is 12.6. The van der Waals surface area contributed by atoms with Gasteiger partial charge in [-0.05, 0) is 56.5 Å². The minimum atomic E-state index is -3.61. The van der Waals surface area contributed by atoms with Crippen molar-refractivity contribution in [3.05, 3.63) is 64.3 Å². The van der Waals surface area contributed by atoms with Crippen molar-refractivity contribution in [2.75, 3.05) is 4.72 Å². The first kappa shape index (κ1) is 20.1. The highest BCUT2D eigenvalue weighted by molar-refractivity contribution is 7.94. The Hall–Kier alpha value is -2.65. The van der Waals surface area contributed by atoms with Crippen molar-refractivity contribution < 1.29 is 13.2 Å². The molecule has 1 unspecified atom stereocenters. The fourth-order valence-corrected chi connectivity index (χ4v) is 5.13. The number of aromatic nitrogens is 2. The van der Waals surface area contributed by atoms with Crippen LogP contribution in [0.3, 0.4) is 0 Å². The molecular formula is C19H22N4O3S2. The van der Waals surface area contributed by atoms with Crippen molar-refractivity contribution in [1.82, 2.24) is 15.1 Å². The molecule has 0 aliphatic rings. The van der Waals surface area contributed by atoms with Crippen LogP contribution in [0.25, 0.3) is 0 Å². The summed E-state index contributed by atoms with van der Waals surface area (Å²) < 4.78 is 29.1. The minimum absolute atomic E-state index is 0.196. The molecule has 2 aromatic heterocycles. The first-order valence-electron chi connectivity index (χ1n) is 8.66. The Balaban J connectivity index is 1.70. The Morgan fingerprint density at radius 2 is 1.86 bits per heavy atom. The number of rotatable bonds is 6. The summed E-state index contributed by atoms with van der Waals surface area (Å²) in [6, 6.07) is 9.36. The summed E-state index contributed by atoms with van der Waals surface area (Å²) in [5, 5.41) is 9.05. The van der Waals surface area contributed by atoms with E-state index < -0.39 is 10.0 Å². The van der Waals surface area contributed by atoms with Crippen molar-refractivity contribution in [3.8, 4) is 0 Å². The number of aryl methyl sites for hydroxylation is 2. The Kier molecular flexibility index (Phi) is 5.57. The van der Waals surface area contributed by atoms with E-state index in [2.05, 4.69) is 15.1 Å². The van der Waals surface area contributed by atoms with E-state index in [0.717, 1.165) is 28.3 Å². The summed E-state index contributed by atoms with van der Waals surface area (Å²) in [5.74, 6) is -0.234. The number of anilines is 1. The molecule has 0 aliphatic carbocycles. The number of hydrogen-bond donors (Lipinski definition) is 2. The largest absolute Gasteiger partial charge is 0.345 e. The van der Waals surface area contributed by atoms with E-state index in [1.807, 2.05) is 27.8 Å². The quantitative estimate of drug-likeness (QED) is 0.642. The van der Waals surface area contributed by atoms with E-state index in [9.17, 15) is 13.2 Å². The highest BCUT2D eigenvalue weighted by atomic mass is 32.2. The van der Waals surface area contributed by atoms with Crippen LogP contribution in [0.1, 0.15) is 40.3 Å². The number of benzene rings is 1. The molecule has 1 aromatic carbocycles. The van der Waals surface area contributed by atoms with E-state index in [-0.39, 0.29) is 16.2 Å². The zero-order valence-corrected chi connectivity index (χ0v) is 17.7. The predicted octanol–water partition coefficient (Wildman–Crippen LogP) is 3.39. The molecule has 1 atom stereocenters. The van der Waals surface area contributed by atoms with Crippen LogP contribution in [0.5, 0.6) is 0 Å². The third-order valence-corrected chi connectivity index (χ3v) is 7.28. The van der Waals surface area contributed by atoms with Gasteiger partial charge in [-0.1, -0.05) is 6.07 Å². The van der Waals surface area contributed by atoms with Crippen LogP contribution in [0.4, 0.5) is 5.69 Å². The maximum absolute atomic E-state index is 12.6. The van der Waals surface area contributed by atoms with Crippen LogP contribution in [0.15, 0.2) is 46.0 Å². The lowest BCUT2D eigenvalue weighted by atomic mass is 10.1. The molecule has 28 heavy (non-hydrogen) atoms. The summed E-state index contributed by atoms with van der Waals surface area (Å²) >= 11 is 1.14. The molecule has 0 aliphatic heterocycles. The minimum Gasteiger partial charge on any atom is -0.345 e. The van der Waals surface area contributed by atoms with Gasteiger partial charge in [-0.2, -0.15) is 5.10 Å². The second-order valence-electron chi connectivity index (χ2n) is 6.52. The van der Waals surface area contributed by atoms with Gasteiger partial charge in [0.05, 0.1) is 11.7 Å². The lowest BCUT2D eigenvalue weighted by Crippen LogP contribution is -2.27. The predicted molar refractivity (Wildman–Crippen MR) is 110 cm³/mol. The van der Waals surface area contributed by atoms with Gasteiger partial charge in [0.25, 0.3) is 15.9 Å². The molecule has 3 aromatic rings. The average molecular weight is 419 g/mol. The number of hydrogen-bond acceptors (Lipinski definition) is 5. The Labute approximate surface area is 168 Å². The molecule has 0 saturated heterocycles. The second-order valence-corrected chi connectivity index (χ2v) is 9.38. The Morgan fingerprint density at radius 3 is 2.39 bits per heavy atom. The number of carbonyl (C=O) groups excluding carboxylic acids is 1. The topological polar surface area (TPSA) is 93.1 Å². The average Bonchev–Trinajstić information content (AvgIpc) is 3.25. The molecular weight excluding hydrogens is 396 g/mol. The van der Waals surface area contributed by atoms with Gasteiger partial charge in [-0.3, -0.25) is 14.2 Å².